The molecule has 0 aliphatic heterocycles. The first-order valence-electron chi connectivity index (χ1n) is 27.2. The van der Waals surface area contributed by atoms with Gasteiger partial charge in [0, 0.05) is 0 Å². The van der Waals surface area contributed by atoms with E-state index < -0.39 is 120 Å². The Kier molecular flexibility index (Phi) is 21.1. The molecule has 0 aromatic heterocycles. The van der Waals surface area contributed by atoms with E-state index in [1.54, 1.807) is 11.1 Å². The fraction of sp³-hybridized carbons (Fsp3) is 0.778. The summed E-state index contributed by atoms with van der Waals surface area (Å²) in [6.45, 7) is 99.2. The Morgan fingerprint density at radius 3 is 0.588 bits per heavy atom. The third-order valence-electron chi connectivity index (χ3n) is 14.9. The van der Waals surface area contributed by atoms with E-state index in [1.807, 2.05) is 30.3 Å². The Bertz CT molecular complexity index is 1690. The predicted molar refractivity (Wildman–Crippen MR) is 361 cm³/mol. The van der Waals surface area contributed by atoms with Crippen LogP contribution < -0.4 is 3.12 Å². The zero-order valence-electron chi connectivity index (χ0n) is 52.7. The molecule has 0 atom stereocenters. The van der Waals surface area contributed by atoms with Crippen molar-refractivity contribution >= 4 is 131 Å². The summed E-state index contributed by atoms with van der Waals surface area (Å²) in [4.78, 5) is 1.87. The molecule has 0 bridgehead atoms. The minimum absolute atomic E-state index is 0.733. The Morgan fingerprint density at radius 2 is 0.412 bits per heavy atom. The molecule has 14 heteroatoms. The van der Waals surface area contributed by atoms with Gasteiger partial charge in [0.15, 0.2) is 0 Å². The summed E-state index contributed by atoms with van der Waals surface area (Å²) in [6.07, 6.45) is 0. The van der Waals surface area contributed by atoms with Crippen LogP contribution in [0.3, 0.4) is 0 Å². The van der Waals surface area contributed by atoms with Crippen molar-refractivity contribution in [1.29, 1.82) is 0 Å². The molecule has 392 valence electrons. The minimum atomic E-state index is -1.67. The van der Waals surface area contributed by atoms with Gasteiger partial charge in [0.05, 0.1) is 0 Å². The van der Waals surface area contributed by atoms with Gasteiger partial charge in [-0.1, -0.05) is 0 Å². The molecule has 0 nitrogen and oxygen atoms in total. The molecule has 2 aromatic carbocycles. The fourth-order valence-corrected chi connectivity index (χ4v) is 106. The van der Waals surface area contributed by atoms with Crippen LogP contribution in [-0.4, -0.2) is 120 Å². The van der Waals surface area contributed by atoms with Gasteiger partial charge < -0.3 is 0 Å². The molecule has 2 radical (unpaired) electrons. The predicted octanol–water partition coefficient (Wildman–Crippen LogP) is 19.8. The van der Waals surface area contributed by atoms with Crippen molar-refractivity contribution in [3.8, 4) is 0 Å². The van der Waals surface area contributed by atoms with Crippen LogP contribution in [0.2, 0.25) is 236 Å². The Labute approximate surface area is 455 Å². The van der Waals surface area contributed by atoms with Gasteiger partial charge in [0.2, 0.25) is 0 Å². The fourth-order valence-electron chi connectivity index (χ4n) is 16.5. The second-order valence-corrected chi connectivity index (χ2v) is 110. The maximum absolute atomic E-state index is 3.03. The van der Waals surface area contributed by atoms with Gasteiger partial charge in [0.25, 0.3) is 0 Å². The Balaban J connectivity index is 3.76. The van der Waals surface area contributed by atoms with Gasteiger partial charge in [-0.2, -0.15) is 0 Å². The van der Waals surface area contributed by atoms with E-state index in [1.165, 1.54) is 0 Å². The third-order valence-corrected chi connectivity index (χ3v) is 79.9. The van der Waals surface area contributed by atoms with Crippen molar-refractivity contribution in [2.75, 3.05) is 0 Å². The maximum atomic E-state index is 3.03. The molecule has 0 amide bonds. The zero-order valence-corrected chi connectivity index (χ0v) is 69.4. The van der Waals surface area contributed by atoms with Gasteiger partial charge >= 0.3 is 460 Å². The molecular formula is C54H118PbSSi12. The van der Waals surface area contributed by atoms with E-state index in [2.05, 4.69) is 268 Å². The molecular weight excluding hydrogens is 1220 g/mol. The second kappa shape index (κ2) is 21.6. The molecule has 0 aliphatic carbocycles. The van der Waals surface area contributed by atoms with Gasteiger partial charge in [-0.25, -0.2) is 0 Å². The van der Waals surface area contributed by atoms with Crippen LogP contribution in [0.1, 0.15) is 64.4 Å². The van der Waals surface area contributed by atoms with E-state index in [-0.39, 0.29) is 0 Å². The van der Waals surface area contributed by atoms with Crippen molar-refractivity contribution in [2.24, 2.45) is 0 Å². The first kappa shape index (κ1) is 66.4. The molecule has 0 aliphatic rings. The van der Waals surface area contributed by atoms with Crippen molar-refractivity contribution in [2.45, 2.75) is 272 Å². The summed E-state index contributed by atoms with van der Waals surface area (Å²) in [5, 5.41) is 4.49. The van der Waals surface area contributed by atoms with Crippen LogP contribution in [0.25, 0.3) is 0 Å². The van der Waals surface area contributed by atoms with Crippen molar-refractivity contribution in [3.05, 3.63) is 57.6 Å². The first-order valence-corrected chi connectivity index (χ1v) is 77.6. The first-order chi connectivity index (χ1) is 29.4. The van der Waals surface area contributed by atoms with Crippen molar-refractivity contribution in [3.63, 3.8) is 0 Å². The van der Waals surface area contributed by atoms with Crippen LogP contribution in [0.4, 0.5) is 0 Å². The SMILES string of the molecule is C[Si](C)(C)C(c1cc(C([Si](C)(C)C)[Si](C)(C)C)c([S][Pb][c]2c(C([Si](C)(C)C)[Si](C)(C)C)cc(C([Si](C)(C)C)[Si](C)(C)C)cc2C([Si](C)(C)C)[Si](C)(C)C)c(C([Si](C)(C)C)[Si](C)(C)C)c1)[Si](C)(C)C. The molecule has 68 heavy (non-hydrogen) atoms. The summed E-state index contributed by atoms with van der Waals surface area (Å²) >= 11 is -1.65. The standard InChI is InChI=1S/C27H60SSi6.C27H59Si6.Pb/c1-29(2,3)25(30(4,5)6)21-19-22(26(31(7,8)9)32(10,11)12)24(28)23(20-21)27(33(13,14)15)34(16,17)18;1-28(2,3)25(29(4,5)6)22-19-23(26(30(7,8)9)31(10,11)12)21-24(20-22)27(32(13,14)15)33(16,17)18;/h19-20,25-28H,1-18H3;19-20,25-27H,1-18H3;/q;;+1/p-1. The van der Waals surface area contributed by atoms with E-state index in [9.17, 15) is 0 Å². The number of hydrogen-bond donors (Lipinski definition) is 0. The number of rotatable bonds is 21. The average molecular weight is 1340 g/mol. The zero-order chi connectivity index (χ0) is 54.3. The van der Waals surface area contributed by atoms with Gasteiger partial charge in [-0.05, 0) is 0 Å². The summed E-state index contributed by atoms with van der Waals surface area (Å²) in [7, 11) is -17.0. The molecule has 0 heterocycles. The summed E-state index contributed by atoms with van der Waals surface area (Å²) < 4.78 is 2.02. The monoisotopic (exact) mass is 1340 g/mol. The van der Waals surface area contributed by atoms with E-state index in [4.69, 9.17) is 0 Å². The van der Waals surface area contributed by atoms with Crippen LogP contribution in [0.15, 0.2) is 29.2 Å². The van der Waals surface area contributed by atoms with E-state index in [0.717, 1.165) is 31.0 Å². The molecule has 0 saturated carbocycles. The van der Waals surface area contributed by atoms with Crippen molar-refractivity contribution in [1.82, 2.24) is 0 Å². The van der Waals surface area contributed by atoms with E-state index in [0.29, 0.717) is 0 Å². The normalized spacial score (nSPS) is 15.4. The quantitative estimate of drug-likeness (QED) is 0.112. The van der Waals surface area contributed by atoms with Gasteiger partial charge in [-0.3, -0.25) is 0 Å². The average Bonchev–Trinajstić information content (AvgIpc) is 2.92. The summed E-state index contributed by atoms with van der Waals surface area (Å²) in [5.41, 5.74) is 11.2. The van der Waals surface area contributed by atoms with Gasteiger partial charge in [-0.15, -0.1) is 0 Å². The Morgan fingerprint density at radius 1 is 0.250 bits per heavy atom. The van der Waals surface area contributed by atoms with Gasteiger partial charge in [0.1, 0.15) is 0 Å². The molecule has 2 aromatic rings. The van der Waals surface area contributed by atoms with E-state index >= 15 is 0 Å². The molecule has 0 unspecified atom stereocenters. The third kappa shape index (κ3) is 16.9. The Hall–Kier alpha value is 2.31. The van der Waals surface area contributed by atoms with Crippen LogP contribution in [0.5, 0.6) is 0 Å². The van der Waals surface area contributed by atoms with Crippen LogP contribution >= 0.6 is 8.31 Å². The molecule has 0 saturated heterocycles. The van der Waals surface area contributed by atoms with Crippen LogP contribution in [0, 0.1) is 0 Å². The number of benzene rings is 2. The number of hydrogen-bond acceptors (Lipinski definition) is 1. The van der Waals surface area contributed by atoms with Crippen molar-refractivity contribution < 1.29 is 0 Å². The second-order valence-electron chi connectivity index (χ2n) is 35.3. The molecule has 2 rings (SSSR count). The molecule has 0 spiro atoms. The topological polar surface area (TPSA) is 0 Å². The summed E-state index contributed by atoms with van der Waals surface area (Å²) in [6, 6.07) is 12.1. The van der Waals surface area contributed by atoms with Crippen LogP contribution in [-0.2, 0) is 0 Å². The summed E-state index contributed by atoms with van der Waals surface area (Å²) in [5.74, 6) is 0. The molecule has 0 N–H and O–H groups in total. The molecule has 0 fully saturated rings.